The van der Waals surface area contributed by atoms with Gasteiger partial charge in [-0.05, 0) is 26.7 Å². The summed E-state index contributed by atoms with van der Waals surface area (Å²) in [6, 6.07) is 2.30. The monoisotopic (exact) mass is 237 g/mol. The summed E-state index contributed by atoms with van der Waals surface area (Å²) in [7, 11) is 0. The number of anilines is 1. The number of aromatic nitrogens is 2. The predicted molar refractivity (Wildman–Crippen MR) is 70.5 cm³/mol. The maximum atomic E-state index is 5.41. The first-order chi connectivity index (χ1) is 8.19. The number of hydrogen-bond donors (Lipinski definition) is 1. The Balaban J connectivity index is 2.75. The highest BCUT2D eigenvalue weighted by molar-refractivity contribution is 5.31. The summed E-state index contributed by atoms with van der Waals surface area (Å²) >= 11 is 0. The van der Waals surface area contributed by atoms with Gasteiger partial charge in [0.1, 0.15) is 0 Å². The van der Waals surface area contributed by atoms with Crippen molar-refractivity contribution in [2.24, 2.45) is 0 Å². The maximum absolute atomic E-state index is 5.41. The first-order valence-corrected chi connectivity index (χ1v) is 6.44. The van der Waals surface area contributed by atoms with E-state index in [-0.39, 0.29) is 0 Å². The van der Waals surface area contributed by atoms with Gasteiger partial charge in [-0.2, -0.15) is 4.98 Å². The van der Waals surface area contributed by atoms with Crippen LogP contribution in [0.1, 0.15) is 45.7 Å². The quantitative estimate of drug-likeness (QED) is 0.791. The van der Waals surface area contributed by atoms with Gasteiger partial charge >= 0.3 is 0 Å². The molecule has 1 N–H and O–H groups in total. The van der Waals surface area contributed by atoms with E-state index in [1.54, 1.807) is 0 Å². The van der Waals surface area contributed by atoms with E-state index >= 15 is 0 Å². The van der Waals surface area contributed by atoms with Gasteiger partial charge < -0.3 is 10.1 Å². The molecule has 1 rings (SSSR count). The summed E-state index contributed by atoms with van der Waals surface area (Å²) in [5, 5.41) is 3.37. The van der Waals surface area contributed by atoms with Crippen LogP contribution in [0.15, 0.2) is 6.07 Å². The molecule has 1 unspecified atom stereocenters. The highest BCUT2D eigenvalue weighted by Crippen LogP contribution is 2.14. The number of aryl methyl sites for hydroxylation is 1. The summed E-state index contributed by atoms with van der Waals surface area (Å²) in [4.78, 5) is 8.73. The third-order valence-corrected chi connectivity index (χ3v) is 2.59. The Labute approximate surface area is 104 Å². The fourth-order valence-electron chi connectivity index (χ4n) is 1.74. The number of nitrogens with zero attached hydrogens (tertiary/aromatic N) is 2. The molecule has 0 amide bonds. The molecule has 0 bridgehead atoms. The van der Waals surface area contributed by atoms with Crippen molar-refractivity contribution in [1.29, 1.82) is 0 Å². The second-order valence-electron chi connectivity index (χ2n) is 4.14. The Morgan fingerprint density at radius 1 is 1.29 bits per heavy atom. The normalized spacial score (nSPS) is 12.2. The minimum Gasteiger partial charge on any atom is -0.478 e. The summed E-state index contributed by atoms with van der Waals surface area (Å²) in [6.45, 7) is 8.90. The van der Waals surface area contributed by atoms with Crippen LogP contribution in [-0.2, 0) is 0 Å². The molecule has 96 valence electrons. The fraction of sp³-hybridized carbons (Fsp3) is 0.692. The van der Waals surface area contributed by atoms with E-state index < -0.39 is 0 Å². The molecule has 4 nitrogen and oxygen atoms in total. The van der Waals surface area contributed by atoms with Crippen LogP contribution in [0.25, 0.3) is 0 Å². The summed E-state index contributed by atoms with van der Waals surface area (Å²) in [6.07, 6.45) is 3.38. The van der Waals surface area contributed by atoms with Crippen LogP contribution in [0.4, 0.5) is 5.95 Å². The lowest BCUT2D eigenvalue weighted by atomic mass is 10.1. The van der Waals surface area contributed by atoms with Crippen molar-refractivity contribution in [2.75, 3.05) is 11.9 Å². The van der Waals surface area contributed by atoms with E-state index in [2.05, 4.69) is 29.1 Å². The smallest absolute Gasteiger partial charge is 0.226 e. The van der Waals surface area contributed by atoms with Gasteiger partial charge in [-0.25, -0.2) is 4.98 Å². The van der Waals surface area contributed by atoms with Crippen LogP contribution in [-0.4, -0.2) is 22.6 Å². The lowest BCUT2D eigenvalue weighted by molar-refractivity contribution is 0.326. The van der Waals surface area contributed by atoms with Crippen molar-refractivity contribution in [3.8, 4) is 5.88 Å². The molecule has 1 heterocycles. The molecule has 0 radical (unpaired) electrons. The van der Waals surface area contributed by atoms with Crippen LogP contribution in [0.5, 0.6) is 5.88 Å². The van der Waals surface area contributed by atoms with Crippen molar-refractivity contribution in [1.82, 2.24) is 9.97 Å². The molecule has 0 aliphatic carbocycles. The highest BCUT2D eigenvalue weighted by Gasteiger charge is 2.08. The summed E-state index contributed by atoms with van der Waals surface area (Å²) in [5.41, 5.74) is 0.928. The van der Waals surface area contributed by atoms with E-state index in [4.69, 9.17) is 4.74 Å². The van der Waals surface area contributed by atoms with Gasteiger partial charge in [0.25, 0.3) is 0 Å². The number of hydrogen-bond acceptors (Lipinski definition) is 4. The third kappa shape index (κ3) is 4.59. The average Bonchev–Trinajstić information content (AvgIpc) is 2.28. The van der Waals surface area contributed by atoms with Crippen molar-refractivity contribution < 1.29 is 4.74 Å². The van der Waals surface area contributed by atoms with Crippen LogP contribution >= 0.6 is 0 Å². The fourth-order valence-corrected chi connectivity index (χ4v) is 1.74. The molecule has 0 fully saturated rings. The lowest BCUT2D eigenvalue weighted by Gasteiger charge is -2.16. The first-order valence-electron chi connectivity index (χ1n) is 6.44. The van der Waals surface area contributed by atoms with Crippen LogP contribution in [0.3, 0.4) is 0 Å². The van der Waals surface area contributed by atoms with Gasteiger partial charge in [-0.15, -0.1) is 0 Å². The van der Waals surface area contributed by atoms with Crippen molar-refractivity contribution >= 4 is 5.95 Å². The second-order valence-corrected chi connectivity index (χ2v) is 4.14. The Morgan fingerprint density at radius 3 is 2.65 bits per heavy atom. The number of rotatable bonds is 7. The standard InChI is InChI=1S/C13H23N3O/c1-5-8-11(6-2)15-13-14-10(4)9-12(16-13)17-7-3/h9,11H,5-8H2,1-4H3,(H,14,15,16). The van der Waals surface area contributed by atoms with Crippen LogP contribution < -0.4 is 10.1 Å². The Bertz CT molecular complexity index is 341. The lowest BCUT2D eigenvalue weighted by Crippen LogP contribution is -2.20. The molecule has 1 aromatic heterocycles. The van der Waals surface area contributed by atoms with Crippen molar-refractivity contribution in [2.45, 2.75) is 53.0 Å². The number of nitrogens with one attached hydrogen (secondary N) is 1. The minimum absolute atomic E-state index is 0.441. The maximum Gasteiger partial charge on any atom is 0.226 e. The van der Waals surface area contributed by atoms with Gasteiger partial charge in [0.2, 0.25) is 11.8 Å². The molecular weight excluding hydrogens is 214 g/mol. The number of ether oxygens (including phenoxy) is 1. The molecule has 0 aliphatic rings. The topological polar surface area (TPSA) is 47.0 Å². The average molecular weight is 237 g/mol. The predicted octanol–water partition coefficient (Wildman–Crippen LogP) is 3.17. The molecule has 1 atom stereocenters. The molecular formula is C13H23N3O. The zero-order valence-electron chi connectivity index (χ0n) is 11.3. The summed E-state index contributed by atoms with van der Waals surface area (Å²) < 4.78 is 5.41. The molecule has 0 spiro atoms. The molecule has 0 aromatic carbocycles. The molecule has 0 aliphatic heterocycles. The largest absolute Gasteiger partial charge is 0.478 e. The zero-order chi connectivity index (χ0) is 12.7. The SMILES string of the molecule is CCCC(CC)Nc1nc(C)cc(OCC)n1. The zero-order valence-corrected chi connectivity index (χ0v) is 11.3. The van der Waals surface area contributed by atoms with E-state index in [0.29, 0.717) is 24.5 Å². The molecule has 17 heavy (non-hydrogen) atoms. The van der Waals surface area contributed by atoms with Gasteiger partial charge in [0.05, 0.1) is 6.61 Å². The summed E-state index contributed by atoms with van der Waals surface area (Å²) in [5.74, 6) is 1.32. The van der Waals surface area contributed by atoms with Crippen LogP contribution in [0, 0.1) is 6.92 Å². The van der Waals surface area contributed by atoms with E-state index in [9.17, 15) is 0 Å². The van der Waals surface area contributed by atoms with E-state index in [1.165, 1.54) is 0 Å². The Morgan fingerprint density at radius 2 is 2.06 bits per heavy atom. The van der Waals surface area contributed by atoms with Crippen molar-refractivity contribution in [3.05, 3.63) is 11.8 Å². The molecule has 0 saturated heterocycles. The third-order valence-electron chi connectivity index (χ3n) is 2.59. The van der Waals surface area contributed by atoms with Gasteiger partial charge in [-0.3, -0.25) is 0 Å². The minimum atomic E-state index is 0.441. The van der Waals surface area contributed by atoms with E-state index in [0.717, 1.165) is 25.0 Å². The van der Waals surface area contributed by atoms with Gasteiger partial charge in [0, 0.05) is 17.8 Å². The Kier molecular flexibility index (Phi) is 5.73. The van der Waals surface area contributed by atoms with Crippen LogP contribution in [0.2, 0.25) is 0 Å². The second kappa shape index (κ2) is 7.09. The van der Waals surface area contributed by atoms with Crippen molar-refractivity contribution in [3.63, 3.8) is 0 Å². The molecule has 0 saturated carbocycles. The Hall–Kier alpha value is -1.32. The van der Waals surface area contributed by atoms with Gasteiger partial charge in [0.15, 0.2) is 0 Å². The van der Waals surface area contributed by atoms with E-state index in [1.807, 2.05) is 19.9 Å². The highest BCUT2D eigenvalue weighted by atomic mass is 16.5. The molecule has 1 aromatic rings. The first kappa shape index (κ1) is 13.7. The van der Waals surface area contributed by atoms with Gasteiger partial charge in [-0.1, -0.05) is 20.3 Å². The molecule has 4 heteroatoms.